The molecule has 5 nitrogen and oxygen atoms in total. The summed E-state index contributed by atoms with van der Waals surface area (Å²) in [4.78, 5) is 20.3. The fourth-order valence-corrected chi connectivity index (χ4v) is 4.98. The summed E-state index contributed by atoms with van der Waals surface area (Å²) < 4.78 is 72.4. The molecule has 2 aromatic rings. The molecule has 11 heteroatoms. The quantitative estimate of drug-likeness (QED) is 0.463. The Kier molecular flexibility index (Phi) is 5.93. The lowest BCUT2D eigenvalue weighted by molar-refractivity contribution is -0.275. The molecule has 192 valence electrons. The minimum atomic E-state index is -4.87. The van der Waals surface area contributed by atoms with Crippen molar-refractivity contribution in [3.05, 3.63) is 69.5 Å². The van der Waals surface area contributed by atoms with Crippen LogP contribution in [0.15, 0.2) is 41.6 Å². The fraction of sp³-hybridized carbons (Fsp3) is 0.440. The van der Waals surface area contributed by atoms with Gasteiger partial charge in [0.05, 0.1) is 23.8 Å². The molecular weight excluding hydrogens is 505 g/mol. The first-order valence-electron chi connectivity index (χ1n) is 11.6. The molecule has 0 aromatic heterocycles. The summed E-state index contributed by atoms with van der Waals surface area (Å²) >= 11 is 5.88. The Hall–Kier alpha value is -2.88. The lowest BCUT2D eigenvalue weighted by Crippen LogP contribution is -2.63. The third kappa shape index (κ3) is 3.90. The van der Waals surface area contributed by atoms with Crippen molar-refractivity contribution in [3.63, 3.8) is 0 Å². The smallest absolute Gasteiger partial charge is 0.374 e. The summed E-state index contributed by atoms with van der Waals surface area (Å²) in [5.74, 6) is -0.767. The number of alkyl halides is 4. The molecule has 0 unspecified atom stereocenters. The maximum atomic E-state index is 15.3. The SMILES string of the molecule is CCc1cc([C@]2(C(F)(F)F)CC(c3ccc(C4(F)CN(C(=O)N5CCC5)C4)cc3)=NO2)cc(Cl)c1F. The van der Waals surface area contributed by atoms with Gasteiger partial charge in [0.2, 0.25) is 0 Å². The zero-order chi connectivity index (χ0) is 25.9. The molecule has 0 saturated carbocycles. The van der Waals surface area contributed by atoms with Crippen LogP contribution >= 0.6 is 11.6 Å². The molecule has 3 aliphatic rings. The summed E-state index contributed by atoms with van der Waals surface area (Å²) in [5.41, 5.74) is -4.15. The highest BCUT2D eigenvalue weighted by Crippen LogP contribution is 2.50. The van der Waals surface area contributed by atoms with Crippen LogP contribution in [0.3, 0.4) is 0 Å². The monoisotopic (exact) mass is 527 g/mol. The zero-order valence-corrected chi connectivity index (χ0v) is 20.1. The molecule has 2 fully saturated rings. The maximum Gasteiger partial charge on any atom is 0.435 e. The summed E-state index contributed by atoms with van der Waals surface area (Å²) in [5, 5.41) is 3.29. The van der Waals surface area contributed by atoms with Crippen LogP contribution in [-0.2, 0) is 22.5 Å². The molecule has 1 atom stereocenters. The Balaban J connectivity index is 1.35. The predicted molar refractivity (Wildman–Crippen MR) is 123 cm³/mol. The summed E-state index contributed by atoms with van der Waals surface area (Å²) in [7, 11) is 0. The van der Waals surface area contributed by atoms with E-state index in [1.807, 2.05) is 0 Å². The van der Waals surface area contributed by atoms with Crippen LogP contribution < -0.4 is 0 Å². The van der Waals surface area contributed by atoms with E-state index in [4.69, 9.17) is 16.4 Å². The number of oxime groups is 1. The number of carbonyl (C=O) groups excluding carboxylic acids is 1. The van der Waals surface area contributed by atoms with E-state index in [2.05, 4.69) is 5.16 Å². The number of rotatable bonds is 4. The van der Waals surface area contributed by atoms with Gasteiger partial charge in [-0.2, -0.15) is 13.2 Å². The van der Waals surface area contributed by atoms with Crippen molar-refractivity contribution in [1.82, 2.24) is 9.80 Å². The van der Waals surface area contributed by atoms with Gasteiger partial charge in [0, 0.05) is 25.1 Å². The third-order valence-corrected chi connectivity index (χ3v) is 7.43. The van der Waals surface area contributed by atoms with Gasteiger partial charge in [0.25, 0.3) is 5.60 Å². The molecule has 2 aromatic carbocycles. The van der Waals surface area contributed by atoms with Crippen molar-refractivity contribution in [3.8, 4) is 0 Å². The number of urea groups is 1. The van der Waals surface area contributed by atoms with Crippen LogP contribution in [-0.4, -0.2) is 53.9 Å². The number of aryl methyl sites for hydroxylation is 1. The van der Waals surface area contributed by atoms with E-state index in [0.29, 0.717) is 24.2 Å². The first kappa shape index (κ1) is 24.8. The first-order valence-corrected chi connectivity index (χ1v) is 12.0. The molecule has 0 spiro atoms. The zero-order valence-electron chi connectivity index (χ0n) is 19.3. The molecule has 2 saturated heterocycles. The van der Waals surface area contributed by atoms with E-state index in [9.17, 15) is 22.4 Å². The Morgan fingerprint density at radius 2 is 1.78 bits per heavy atom. The minimum absolute atomic E-state index is 0.0217. The average Bonchev–Trinajstić information content (AvgIpc) is 3.24. The molecule has 3 heterocycles. The second-order valence-electron chi connectivity index (χ2n) is 9.44. The molecule has 5 rings (SSSR count). The highest BCUT2D eigenvalue weighted by molar-refractivity contribution is 6.30. The van der Waals surface area contributed by atoms with Crippen LogP contribution in [0.5, 0.6) is 0 Å². The van der Waals surface area contributed by atoms with E-state index < -0.39 is 34.7 Å². The number of likely N-dealkylation sites (tertiary alicyclic amines) is 2. The minimum Gasteiger partial charge on any atom is -0.374 e. The Morgan fingerprint density at radius 1 is 1.11 bits per heavy atom. The van der Waals surface area contributed by atoms with Gasteiger partial charge < -0.3 is 14.6 Å². The Morgan fingerprint density at radius 3 is 2.33 bits per heavy atom. The van der Waals surface area contributed by atoms with Crippen LogP contribution in [0, 0.1) is 5.82 Å². The topological polar surface area (TPSA) is 45.1 Å². The standard InChI is InChI=1S/C25H23ClF5N3O2/c1-2-15-10-18(11-19(26)21(15)27)24(25(29,30)31)12-20(32-36-24)16-4-6-17(7-5-16)23(28)13-34(14-23)22(35)33-8-3-9-33/h4-7,10-11H,2-3,8-9,12-14H2,1H3/t24-/m0/s1. The second kappa shape index (κ2) is 8.61. The van der Waals surface area contributed by atoms with Crippen molar-refractivity contribution in [2.24, 2.45) is 5.16 Å². The van der Waals surface area contributed by atoms with Crippen molar-refractivity contribution in [1.29, 1.82) is 0 Å². The number of carbonyl (C=O) groups is 1. The van der Waals surface area contributed by atoms with Gasteiger partial charge in [-0.15, -0.1) is 0 Å². The molecular formula is C25H23ClF5N3O2. The first-order chi connectivity index (χ1) is 17.0. The number of halogens is 6. The average molecular weight is 528 g/mol. The molecule has 0 aliphatic carbocycles. The van der Waals surface area contributed by atoms with Crippen LogP contribution in [0.25, 0.3) is 0 Å². The van der Waals surface area contributed by atoms with E-state index in [0.717, 1.165) is 18.6 Å². The summed E-state index contributed by atoms with van der Waals surface area (Å²) in [6.45, 7) is 2.81. The summed E-state index contributed by atoms with van der Waals surface area (Å²) in [6.07, 6.45) is -4.43. The molecule has 3 aliphatic heterocycles. The van der Waals surface area contributed by atoms with Crippen LogP contribution in [0.4, 0.5) is 26.7 Å². The Bertz CT molecular complexity index is 1220. The number of hydrogen-bond donors (Lipinski definition) is 0. The van der Waals surface area contributed by atoms with Gasteiger partial charge in [-0.25, -0.2) is 13.6 Å². The van der Waals surface area contributed by atoms with Crippen molar-refractivity contribution in [2.75, 3.05) is 26.2 Å². The van der Waals surface area contributed by atoms with Gasteiger partial charge in [-0.1, -0.05) is 47.9 Å². The van der Waals surface area contributed by atoms with Gasteiger partial charge in [-0.05, 0) is 41.7 Å². The highest BCUT2D eigenvalue weighted by Gasteiger charge is 2.62. The number of hydrogen-bond acceptors (Lipinski definition) is 3. The maximum absolute atomic E-state index is 15.3. The van der Waals surface area contributed by atoms with E-state index in [1.165, 1.54) is 29.2 Å². The lowest BCUT2D eigenvalue weighted by atomic mass is 9.84. The normalized spacial score (nSPS) is 23.0. The van der Waals surface area contributed by atoms with Gasteiger partial charge in [0.15, 0.2) is 5.67 Å². The van der Waals surface area contributed by atoms with Crippen molar-refractivity contribution >= 4 is 23.3 Å². The summed E-state index contributed by atoms with van der Waals surface area (Å²) in [6, 6.07) is 7.79. The van der Waals surface area contributed by atoms with Gasteiger partial charge >= 0.3 is 12.2 Å². The molecule has 0 bridgehead atoms. The van der Waals surface area contributed by atoms with E-state index in [-0.39, 0.29) is 42.4 Å². The number of benzene rings is 2. The third-order valence-electron chi connectivity index (χ3n) is 7.15. The van der Waals surface area contributed by atoms with E-state index in [1.54, 1.807) is 11.8 Å². The van der Waals surface area contributed by atoms with Crippen LogP contribution in [0.1, 0.15) is 42.0 Å². The molecule has 0 N–H and O–H groups in total. The predicted octanol–water partition coefficient (Wildman–Crippen LogP) is 5.93. The molecule has 0 radical (unpaired) electrons. The number of amides is 2. The van der Waals surface area contributed by atoms with Crippen molar-refractivity contribution < 1.29 is 31.6 Å². The lowest BCUT2D eigenvalue weighted by Gasteiger charge is -2.47. The van der Waals surface area contributed by atoms with E-state index >= 15 is 4.39 Å². The Labute approximate surface area is 209 Å². The van der Waals surface area contributed by atoms with Crippen molar-refractivity contribution in [2.45, 2.75) is 43.6 Å². The largest absolute Gasteiger partial charge is 0.435 e. The molecule has 2 amide bonds. The van der Waals surface area contributed by atoms with Gasteiger partial charge in [0.1, 0.15) is 5.82 Å². The van der Waals surface area contributed by atoms with Crippen LogP contribution in [0.2, 0.25) is 5.02 Å². The second-order valence-corrected chi connectivity index (χ2v) is 9.84. The fourth-order valence-electron chi connectivity index (χ4n) is 4.74. The van der Waals surface area contributed by atoms with Gasteiger partial charge in [-0.3, -0.25) is 0 Å². The highest BCUT2D eigenvalue weighted by atomic mass is 35.5. The number of nitrogens with zero attached hydrogens (tertiary/aromatic N) is 3. The molecule has 36 heavy (non-hydrogen) atoms.